The molecule has 0 fully saturated rings. The van der Waals surface area contributed by atoms with Crippen LogP contribution in [0.1, 0.15) is 32.3 Å². The molecule has 0 saturated carbocycles. The van der Waals surface area contributed by atoms with E-state index in [1.165, 1.54) is 5.56 Å². The van der Waals surface area contributed by atoms with E-state index < -0.39 is 7.37 Å². The normalized spacial score (nSPS) is 16.0. The van der Waals surface area contributed by atoms with E-state index in [0.717, 1.165) is 18.5 Å². The van der Waals surface area contributed by atoms with E-state index in [9.17, 15) is 9.46 Å². The van der Waals surface area contributed by atoms with Crippen molar-refractivity contribution in [2.75, 3.05) is 17.8 Å². The van der Waals surface area contributed by atoms with Crippen molar-refractivity contribution < 1.29 is 9.46 Å². The van der Waals surface area contributed by atoms with E-state index in [4.69, 9.17) is 0 Å². The maximum Gasteiger partial charge on any atom is 0.219 e. The monoisotopic (exact) mass is 269 g/mol. The predicted molar refractivity (Wildman–Crippen MR) is 78.4 cm³/mol. The molecule has 0 saturated heterocycles. The number of hydrogen-bond acceptors (Lipinski definition) is 2. The highest BCUT2D eigenvalue weighted by molar-refractivity contribution is 7.58. The minimum absolute atomic E-state index is 0.157. The predicted octanol–water partition coefficient (Wildman–Crippen LogP) is 4.07. The van der Waals surface area contributed by atoms with Gasteiger partial charge in [0.15, 0.2) is 0 Å². The Kier molecular flexibility index (Phi) is 5.90. The van der Waals surface area contributed by atoms with Gasteiger partial charge in [-0.1, -0.05) is 44.4 Å². The minimum atomic E-state index is -3.07. The van der Waals surface area contributed by atoms with Gasteiger partial charge in [-0.2, -0.15) is 0 Å². The van der Waals surface area contributed by atoms with Crippen LogP contribution in [0.25, 0.3) is 0 Å². The summed E-state index contributed by atoms with van der Waals surface area (Å²) >= 11 is 0. The van der Waals surface area contributed by atoms with E-state index in [1.54, 1.807) is 0 Å². The molecule has 3 nitrogen and oxygen atoms in total. The molecule has 0 spiro atoms. The van der Waals surface area contributed by atoms with E-state index >= 15 is 0 Å². The van der Waals surface area contributed by atoms with Crippen molar-refractivity contribution in [2.24, 2.45) is 5.92 Å². The molecule has 1 aromatic carbocycles. The van der Waals surface area contributed by atoms with Crippen LogP contribution in [0.15, 0.2) is 24.3 Å². The van der Waals surface area contributed by atoms with Gasteiger partial charge in [-0.25, -0.2) is 0 Å². The number of nitrogens with one attached hydrogen (secondary N) is 1. The first-order valence-corrected chi connectivity index (χ1v) is 8.57. The fourth-order valence-corrected chi connectivity index (χ4v) is 3.74. The SMILES string of the molecule is CCCC(C)CP(=O)(O)CNc1ccc(C)cc1. The van der Waals surface area contributed by atoms with Crippen LogP contribution < -0.4 is 5.32 Å². The first kappa shape index (κ1) is 15.3. The molecule has 0 heterocycles. The number of rotatable bonds is 7. The van der Waals surface area contributed by atoms with Gasteiger partial charge < -0.3 is 10.2 Å². The van der Waals surface area contributed by atoms with Crippen molar-refractivity contribution in [3.63, 3.8) is 0 Å². The van der Waals surface area contributed by atoms with Crippen LogP contribution in [-0.2, 0) is 4.57 Å². The first-order chi connectivity index (χ1) is 8.43. The Bertz CT molecular complexity index is 403. The molecule has 4 heteroatoms. The van der Waals surface area contributed by atoms with E-state index in [-0.39, 0.29) is 6.29 Å². The lowest BCUT2D eigenvalue weighted by Crippen LogP contribution is -2.09. The summed E-state index contributed by atoms with van der Waals surface area (Å²) < 4.78 is 12.0. The van der Waals surface area contributed by atoms with Crippen molar-refractivity contribution in [3.05, 3.63) is 29.8 Å². The second kappa shape index (κ2) is 6.96. The number of hydrogen-bond donors (Lipinski definition) is 2. The summed E-state index contributed by atoms with van der Waals surface area (Å²) in [4.78, 5) is 9.92. The summed E-state index contributed by atoms with van der Waals surface area (Å²) in [5.41, 5.74) is 2.09. The lowest BCUT2D eigenvalue weighted by atomic mass is 10.1. The van der Waals surface area contributed by atoms with Gasteiger partial charge in [0, 0.05) is 11.8 Å². The molecule has 0 aliphatic carbocycles. The van der Waals surface area contributed by atoms with Crippen LogP contribution >= 0.6 is 7.37 Å². The van der Waals surface area contributed by atoms with Crippen molar-refractivity contribution in [2.45, 2.75) is 33.6 Å². The van der Waals surface area contributed by atoms with E-state index in [0.29, 0.717) is 12.1 Å². The lowest BCUT2D eigenvalue weighted by Gasteiger charge is -2.17. The number of anilines is 1. The molecule has 102 valence electrons. The second-order valence-electron chi connectivity index (χ2n) is 5.12. The Morgan fingerprint density at radius 1 is 1.33 bits per heavy atom. The molecule has 2 atom stereocenters. The fourth-order valence-electron chi connectivity index (χ4n) is 2.02. The van der Waals surface area contributed by atoms with Crippen molar-refractivity contribution in [3.8, 4) is 0 Å². The minimum Gasteiger partial charge on any atom is -0.376 e. The highest BCUT2D eigenvalue weighted by atomic mass is 31.2. The molecule has 0 amide bonds. The molecule has 1 aromatic rings. The highest BCUT2D eigenvalue weighted by Crippen LogP contribution is 2.42. The summed E-state index contributed by atoms with van der Waals surface area (Å²) in [5.74, 6) is 0.311. The Morgan fingerprint density at radius 3 is 2.50 bits per heavy atom. The van der Waals surface area contributed by atoms with Crippen molar-refractivity contribution in [1.29, 1.82) is 0 Å². The largest absolute Gasteiger partial charge is 0.376 e. The summed E-state index contributed by atoms with van der Waals surface area (Å²) in [6.07, 6.45) is 2.63. The van der Waals surface area contributed by atoms with Crippen LogP contribution in [-0.4, -0.2) is 17.3 Å². The van der Waals surface area contributed by atoms with Gasteiger partial charge in [0.2, 0.25) is 7.37 Å². The van der Waals surface area contributed by atoms with Crippen LogP contribution in [0.3, 0.4) is 0 Å². The van der Waals surface area contributed by atoms with Crippen LogP contribution in [0.2, 0.25) is 0 Å². The zero-order valence-corrected chi connectivity index (χ0v) is 12.4. The third kappa shape index (κ3) is 5.70. The van der Waals surface area contributed by atoms with Gasteiger partial charge in [0.25, 0.3) is 0 Å². The summed E-state index contributed by atoms with van der Waals surface area (Å²) in [5, 5.41) is 3.05. The molecule has 0 aliphatic heterocycles. The van der Waals surface area contributed by atoms with Gasteiger partial charge in [0.1, 0.15) is 0 Å². The van der Waals surface area contributed by atoms with Crippen molar-refractivity contribution in [1.82, 2.24) is 0 Å². The average Bonchev–Trinajstić information content (AvgIpc) is 2.28. The summed E-state index contributed by atoms with van der Waals surface area (Å²) in [7, 11) is -3.07. The Hall–Kier alpha value is -0.790. The van der Waals surface area contributed by atoms with E-state index in [1.807, 2.05) is 38.1 Å². The molecule has 0 aromatic heterocycles. The van der Waals surface area contributed by atoms with Gasteiger partial charge in [-0.3, -0.25) is 4.57 Å². The zero-order valence-electron chi connectivity index (χ0n) is 11.5. The van der Waals surface area contributed by atoms with Crippen molar-refractivity contribution >= 4 is 13.1 Å². The standard InChI is InChI=1S/C14H24NO2P/c1-4-5-13(3)10-18(16,17)11-15-14-8-6-12(2)7-9-14/h6-9,13,15H,4-5,10-11H2,1-3H3,(H,16,17). The fraction of sp³-hybridized carbons (Fsp3) is 0.571. The molecular formula is C14H24NO2P. The van der Waals surface area contributed by atoms with Crippen LogP contribution in [0.5, 0.6) is 0 Å². The Balaban J connectivity index is 2.46. The second-order valence-corrected chi connectivity index (χ2v) is 7.50. The van der Waals surface area contributed by atoms with Crippen LogP contribution in [0.4, 0.5) is 5.69 Å². The Labute approximate surface area is 110 Å². The number of aryl methyl sites for hydroxylation is 1. The van der Waals surface area contributed by atoms with Crippen LogP contribution in [0, 0.1) is 12.8 Å². The van der Waals surface area contributed by atoms with Gasteiger partial charge in [-0.15, -0.1) is 0 Å². The third-order valence-corrected chi connectivity index (χ3v) is 4.81. The van der Waals surface area contributed by atoms with Gasteiger partial charge >= 0.3 is 0 Å². The molecule has 2 N–H and O–H groups in total. The summed E-state index contributed by atoms with van der Waals surface area (Å²) in [6.45, 7) is 6.16. The zero-order chi connectivity index (χ0) is 13.6. The average molecular weight is 269 g/mol. The maximum absolute atomic E-state index is 12.0. The quantitative estimate of drug-likeness (QED) is 0.733. The molecule has 1 rings (SSSR count). The summed E-state index contributed by atoms with van der Waals surface area (Å²) in [6, 6.07) is 7.85. The molecule has 0 radical (unpaired) electrons. The van der Waals surface area contributed by atoms with Gasteiger partial charge in [0.05, 0.1) is 6.29 Å². The van der Waals surface area contributed by atoms with Gasteiger partial charge in [-0.05, 0) is 25.0 Å². The first-order valence-electron chi connectivity index (χ1n) is 6.54. The smallest absolute Gasteiger partial charge is 0.219 e. The molecule has 18 heavy (non-hydrogen) atoms. The Morgan fingerprint density at radius 2 is 1.94 bits per heavy atom. The molecule has 2 unspecified atom stereocenters. The topological polar surface area (TPSA) is 49.3 Å². The highest BCUT2D eigenvalue weighted by Gasteiger charge is 2.21. The number of benzene rings is 1. The lowest BCUT2D eigenvalue weighted by molar-refractivity contribution is 0.460. The third-order valence-electron chi connectivity index (χ3n) is 2.96. The van der Waals surface area contributed by atoms with E-state index in [2.05, 4.69) is 12.2 Å². The molecule has 0 bridgehead atoms. The maximum atomic E-state index is 12.0. The molecular weight excluding hydrogens is 245 g/mol. The molecule has 0 aliphatic rings.